The van der Waals surface area contributed by atoms with Crippen LogP contribution in [-0.4, -0.2) is 23.9 Å². The van der Waals surface area contributed by atoms with E-state index in [0.717, 1.165) is 17.0 Å². The van der Waals surface area contributed by atoms with E-state index >= 15 is 0 Å². The molecule has 138 valence electrons. The van der Waals surface area contributed by atoms with Gasteiger partial charge in [0.05, 0.1) is 23.1 Å². The molecule has 1 aliphatic heterocycles. The predicted octanol–water partition coefficient (Wildman–Crippen LogP) is 2.78. The molecule has 5 nitrogen and oxygen atoms in total. The fraction of sp³-hybridized carbons (Fsp3) is 0.500. The van der Waals surface area contributed by atoms with Crippen LogP contribution in [0, 0.1) is 23.7 Å². The van der Waals surface area contributed by atoms with Gasteiger partial charge in [-0.05, 0) is 37.0 Å². The minimum Gasteiger partial charge on any atom is -0.462 e. The van der Waals surface area contributed by atoms with Gasteiger partial charge in [-0.25, -0.2) is 0 Å². The standard InChI is InChI=1S/C18H16F3NO4/c1-8(23)26-13-6-9-5-12(13)15-14(9)16(24)22(17(15)25)11-4-2-3-10(7-11)18(19,20)21/h2-4,7,9,12-15H,5-6H2,1H3. The summed E-state index contributed by atoms with van der Waals surface area (Å²) < 4.78 is 44.1. The van der Waals surface area contributed by atoms with Gasteiger partial charge in [0.25, 0.3) is 0 Å². The number of esters is 1. The average Bonchev–Trinajstić information content (AvgIpc) is 3.18. The Labute approximate surface area is 147 Å². The summed E-state index contributed by atoms with van der Waals surface area (Å²) in [5.74, 6) is -2.88. The number of nitrogens with zero attached hydrogens (tertiary/aromatic N) is 1. The smallest absolute Gasteiger partial charge is 0.416 e. The largest absolute Gasteiger partial charge is 0.462 e. The Hall–Kier alpha value is -2.38. The lowest BCUT2D eigenvalue weighted by atomic mass is 9.79. The molecule has 1 saturated heterocycles. The van der Waals surface area contributed by atoms with Crippen molar-refractivity contribution in [2.45, 2.75) is 32.0 Å². The van der Waals surface area contributed by atoms with E-state index in [9.17, 15) is 27.6 Å². The Balaban J connectivity index is 1.65. The maximum atomic E-state index is 12.9. The summed E-state index contributed by atoms with van der Waals surface area (Å²) in [5.41, 5.74) is -0.971. The highest BCUT2D eigenvalue weighted by Crippen LogP contribution is 2.57. The summed E-state index contributed by atoms with van der Waals surface area (Å²) in [7, 11) is 0. The average molecular weight is 367 g/mol. The fourth-order valence-electron chi connectivity index (χ4n) is 4.82. The molecule has 4 rings (SSSR count). The molecule has 26 heavy (non-hydrogen) atoms. The predicted molar refractivity (Wildman–Crippen MR) is 82.7 cm³/mol. The van der Waals surface area contributed by atoms with Crippen LogP contribution < -0.4 is 4.90 Å². The van der Waals surface area contributed by atoms with Crippen LogP contribution in [0.5, 0.6) is 0 Å². The van der Waals surface area contributed by atoms with Crippen LogP contribution in [-0.2, 0) is 25.3 Å². The minimum absolute atomic E-state index is 0.0624. The van der Waals surface area contributed by atoms with Gasteiger partial charge in [0.1, 0.15) is 6.10 Å². The van der Waals surface area contributed by atoms with Crippen molar-refractivity contribution in [3.8, 4) is 0 Å². The number of carbonyl (C=O) groups is 3. The molecule has 2 saturated carbocycles. The first-order valence-electron chi connectivity index (χ1n) is 8.41. The molecule has 0 N–H and O–H groups in total. The number of anilines is 1. The fourth-order valence-corrected chi connectivity index (χ4v) is 4.82. The number of benzene rings is 1. The number of hydrogen-bond donors (Lipinski definition) is 0. The number of imide groups is 1. The van der Waals surface area contributed by atoms with Crippen molar-refractivity contribution < 1.29 is 32.3 Å². The summed E-state index contributed by atoms with van der Waals surface area (Å²) in [6.07, 6.45) is -3.82. The zero-order chi connectivity index (χ0) is 18.8. The van der Waals surface area contributed by atoms with E-state index < -0.39 is 47.5 Å². The van der Waals surface area contributed by atoms with Crippen LogP contribution in [0.15, 0.2) is 24.3 Å². The third-order valence-electron chi connectivity index (χ3n) is 5.70. The van der Waals surface area contributed by atoms with E-state index in [4.69, 9.17) is 4.74 Å². The SMILES string of the molecule is CC(=O)OC1CC2CC1C1C(=O)N(c3cccc(C(F)(F)F)c3)C(=O)C21. The molecule has 1 heterocycles. The number of halogens is 3. The third-order valence-corrected chi connectivity index (χ3v) is 5.70. The molecule has 8 heteroatoms. The van der Waals surface area contributed by atoms with Crippen LogP contribution in [0.2, 0.25) is 0 Å². The molecule has 0 spiro atoms. The topological polar surface area (TPSA) is 63.7 Å². The van der Waals surface area contributed by atoms with Gasteiger partial charge in [0.2, 0.25) is 11.8 Å². The Bertz CT molecular complexity index is 806. The van der Waals surface area contributed by atoms with Crippen molar-refractivity contribution in [1.82, 2.24) is 0 Å². The first kappa shape index (κ1) is 17.1. The zero-order valence-electron chi connectivity index (χ0n) is 13.8. The van der Waals surface area contributed by atoms with Gasteiger partial charge in [-0.3, -0.25) is 19.3 Å². The number of ether oxygens (including phenoxy) is 1. The highest BCUT2D eigenvalue weighted by molar-refractivity contribution is 6.22. The number of rotatable bonds is 2. The molecule has 2 amide bonds. The minimum atomic E-state index is -4.56. The van der Waals surface area contributed by atoms with Gasteiger partial charge in [-0.15, -0.1) is 0 Å². The van der Waals surface area contributed by atoms with Gasteiger partial charge in [-0.2, -0.15) is 13.2 Å². The highest BCUT2D eigenvalue weighted by Gasteiger charge is 2.65. The normalized spacial score (nSPS) is 32.9. The van der Waals surface area contributed by atoms with Crippen LogP contribution in [0.25, 0.3) is 0 Å². The summed E-state index contributed by atoms with van der Waals surface area (Å²) in [4.78, 5) is 37.8. The third kappa shape index (κ3) is 2.42. The van der Waals surface area contributed by atoms with Gasteiger partial charge in [0.15, 0.2) is 0 Å². The molecule has 5 unspecified atom stereocenters. The van der Waals surface area contributed by atoms with Crippen LogP contribution in [0.4, 0.5) is 18.9 Å². The van der Waals surface area contributed by atoms with E-state index in [0.29, 0.717) is 12.8 Å². The Morgan fingerprint density at radius 3 is 2.50 bits per heavy atom. The molecule has 0 radical (unpaired) electrons. The van der Waals surface area contributed by atoms with Crippen LogP contribution in [0.3, 0.4) is 0 Å². The maximum Gasteiger partial charge on any atom is 0.416 e. The molecule has 0 aromatic heterocycles. The maximum absolute atomic E-state index is 12.9. The number of hydrogen-bond acceptors (Lipinski definition) is 4. The van der Waals surface area contributed by atoms with Gasteiger partial charge >= 0.3 is 12.1 Å². The summed E-state index contributed by atoms with van der Waals surface area (Å²) in [6.45, 7) is 1.29. The Morgan fingerprint density at radius 1 is 1.15 bits per heavy atom. The van der Waals surface area contributed by atoms with Crippen molar-refractivity contribution in [2.24, 2.45) is 23.7 Å². The van der Waals surface area contributed by atoms with Gasteiger partial charge in [-0.1, -0.05) is 6.07 Å². The first-order chi connectivity index (χ1) is 12.2. The van der Waals surface area contributed by atoms with E-state index in [1.165, 1.54) is 19.1 Å². The van der Waals surface area contributed by atoms with E-state index in [2.05, 4.69) is 0 Å². The molecule has 3 aliphatic rings. The molecular weight excluding hydrogens is 351 g/mol. The number of amides is 2. The number of alkyl halides is 3. The van der Waals surface area contributed by atoms with Gasteiger partial charge < -0.3 is 4.74 Å². The second-order valence-electron chi connectivity index (χ2n) is 7.15. The van der Waals surface area contributed by atoms with Crippen molar-refractivity contribution >= 4 is 23.5 Å². The summed E-state index contributed by atoms with van der Waals surface area (Å²) in [5, 5.41) is 0. The molecule has 1 aromatic carbocycles. The number of carbonyl (C=O) groups excluding carboxylic acids is 3. The van der Waals surface area contributed by atoms with Crippen molar-refractivity contribution in [2.75, 3.05) is 4.90 Å². The van der Waals surface area contributed by atoms with Crippen molar-refractivity contribution in [3.63, 3.8) is 0 Å². The lowest BCUT2D eigenvalue weighted by Crippen LogP contribution is -2.36. The summed E-state index contributed by atoms with van der Waals surface area (Å²) >= 11 is 0. The molecule has 2 aliphatic carbocycles. The zero-order valence-corrected chi connectivity index (χ0v) is 13.8. The second-order valence-corrected chi connectivity index (χ2v) is 7.15. The molecule has 1 aromatic rings. The van der Waals surface area contributed by atoms with Crippen molar-refractivity contribution in [3.05, 3.63) is 29.8 Å². The van der Waals surface area contributed by atoms with E-state index in [-0.39, 0.29) is 17.5 Å². The van der Waals surface area contributed by atoms with Crippen LogP contribution in [0.1, 0.15) is 25.3 Å². The van der Waals surface area contributed by atoms with Crippen LogP contribution >= 0.6 is 0 Å². The monoisotopic (exact) mass is 367 g/mol. The molecule has 3 fully saturated rings. The van der Waals surface area contributed by atoms with Crippen molar-refractivity contribution in [1.29, 1.82) is 0 Å². The summed E-state index contributed by atoms with van der Waals surface area (Å²) in [6, 6.07) is 4.23. The lowest BCUT2D eigenvalue weighted by Gasteiger charge is -2.27. The Kier molecular flexibility index (Phi) is 3.65. The first-order valence-corrected chi connectivity index (χ1v) is 8.41. The van der Waals surface area contributed by atoms with E-state index in [1.54, 1.807) is 0 Å². The second kappa shape index (κ2) is 5.56. The van der Waals surface area contributed by atoms with Gasteiger partial charge in [0, 0.05) is 12.8 Å². The quantitative estimate of drug-likeness (QED) is 0.596. The molecular formula is C18H16F3NO4. The lowest BCUT2D eigenvalue weighted by molar-refractivity contribution is -0.151. The number of fused-ring (bicyclic) bond motifs is 5. The molecule has 2 bridgehead atoms. The highest BCUT2D eigenvalue weighted by atomic mass is 19.4. The Morgan fingerprint density at radius 2 is 1.85 bits per heavy atom. The van der Waals surface area contributed by atoms with E-state index in [1.807, 2.05) is 0 Å². The molecule has 5 atom stereocenters.